The summed E-state index contributed by atoms with van der Waals surface area (Å²) in [7, 11) is 1.66. The molecule has 0 spiro atoms. The van der Waals surface area contributed by atoms with Crippen molar-refractivity contribution < 1.29 is 24.5 Å². The minimum absolute atomic E-state index is 0.0404. The molecule has 0 bridgehead atoms. The minimum atomic E-state index is -1.14. The Kier molecular flexibility index (Phi) is 8.21. The third-order valence-electron chi connectivity index (χ3n) is 6.20. The van der Waals surface area contributed by atoms with Crippen molar-refractivity contribution in [2.45, 2.75) is 19.3 Å². The molecule has 6 heteroatoms. The average molecular weight is 496 g/mol. The maximum absolute atomic E-state index is 11.9. The molecule has 188 valence electrons. The van der Waals surface area contributed by atoms with Crippen molar-refractivity contribution in [3.8, 4) is 5.75 Å². The quantitative estimate of drug-likeness (QED) is 0.140. The largest absolute Gasteiger partial charge is 0.494 e. The molecule has 0 saturated carbocycles. The van der Waals surface area contributed by atoms with Gasteiger partial charge >= 0.3 is 11.9 Å². The normalized spacial score (nSPS) is 11.5. The number of carbonyl (C=O) groups is 2. The number of aliphatic carboxylic acids is 1. The van der Waals surface area contributed by atoms with Gasteiger partial charge in [-0.05, 0) is 60.2 Å². The van der Waals surface area contributed by atoms with Crippen molar-refractivity contribution in [2.75, 3.05) is 6.61 Å². The van der Waals surface area contributed by atoms with Crippen LogP contribution >= 0.6 is 0 Å². The Bertz CT molecular complexity index is 1450. The summed E-state index contributed by atoms with van der Waals surface area (Å²) in [6.07, 6.45) is 9.25. The molecule has 4 rings (SSSR count). The van der Waals surface area contributed by atoms with Gasteiger partial charge in [-0.2, -0.15) is 0 Å². The first-order chi connectivity index (χ1) is 17.9. The summed E-state index contributed by atoms with van der Waals surface area (Å²) in [4.78, 5) is 23.0. The van der Waals surface area contributed by atoms with Crippen LogP contribution in [0.2, 0.25) is 0 Å². The number of unbranched alkanes of at least 4 members (excludes halogenated alkanes) is 1. The van der Waals surface area contributed by atoms with Gasteiger partial charge in [-0.15, -0.1) is 0 Å². The van der Waals surface area contributed by atoms with Gasteiger partial charge in [0.1, 0.15) is 11.4 Å². The fraction of sp³-hybridized carbons (Fsp3) is 0.161. The number of aromatic nitrogens is 1. The Balaban J connectivity index is 1.46. The molecule has 0 aliphatic rings. The molecule has 0 unspecified atom stereocenters. The Morgan fingerprint density at radius 2 is 1.62 bits per heavy atom. The van der Waals surface area contributed by atoms with Crippen LogP contribution in [0, 0.1) is 0 Å². The van der Waals surface area contributed by atoms with E-state index in [0.29, 0.717) is 23.1 Å². The highest BCUT2D eigenvalue weighted by molar-refractivity contribution is 6.07. The van der Waals surface area contributed by atoms with E-state index >= 15 is 0 Å². The zero-order valence-corrected chi connectivity index (χ0v) is 20.6. The van der Waals surface area contributed by atoms with Crippen LogP contribution in [0.3, 0.4) is 0 Å². The lowest BCUT2D eigenvalue weighted by Gasteiger charge is -2.07. The maximum atomic E-state index is 11.9. The fourth-order valence-electron chi connectivity index (χ4n) is 4.39. The van der Waals surface area contributed by atoms with Gasteiger partial charge in [0, 0.05) is 29.6 Å². The fourth-order valence-corrected chi connectivity index (χ4v) is 4.39. The Morgan fingerprint density at radius 1 is 0.865 bits per heavy atom. The van der Waals surface area contributed by atoms with Crippen molar-refractivity contribution in [1.29, 1.82) is 0 Å². The third kappa shape index (κ3) is 6.35. The number of benzene rings is 3. The summed E-state index contributed by atoms with van der Waals surface area (Å²) in [5.74, 6) is -1.44. The predicted molar refractivity (Wildman–Crippen MR) is 147 cm³/mol. The smallest absolute Gasteiger partial charge is 0.353 e. The molecular weight excluding hydrogens is 466 g/mol. The molecule has 0 amide bonds. The number of aryl methyl sites for hydroxylation is 2. The molecule has 0 fully saturated rings. The molecule has 1 aromatic heterocycles. The van der Waals surface area contributed by atoms with Gasteiger partial charge in [-0.1, -0.05) is 66.7 Å². The van der Waals surface area contributed by atoms with E-state index in [0.717, 1.165) is 42.2 Å². The van der Waals surface area contributed by atoms with Gasteiger partial charge in [0.15, 0.2) is 0 Å². The molecular formula is C31H29NO5. The molecule has 2 N–H and O–H groups in total. The number of ether oxygens (including phenoxy) is 1. The van der Waals surface area contributed by atoms with Crippen LogP contribution in [-0.2, 0) is 18.3 Å². The summed E-state index contributed by atoms with van der Waals surface area (Å²) < 4.78 is 7.45. The van der Waals surface area contributed by atoms with Crippen molar-refractivity contribution in [1.82, 2.24) is 4.57 Å². The molecule has 0 aliphatic heterocycles. The first-order valence-corrected chi connectivity index (χ1v) is 12.1. The van der Waals surface area contributed by atoms with Crippen LogP contribution < -0.4 is 4.74 Å². The van der Waals surface area contributed by atoms with Crippen molar-refractivity contribution in [3.05, 3.63) is 107 Å². The highest BCUT2D eigenvalue weighted by atomic mass is 16.5. The molecule has 4 aromatic rings. The molecule has 0 radical (unpaired) electrons. The van der Waals surface area contributed by atoms with Crippen LogP contribution in [0.25, 0.3) is 29.1 Å². The summed E-state index contributed by atoms with van der Waals surface area (Å²) >= 11 is 0. The Labute approximate surface area is 215 Å². The van der Waals surface area contributed by atoms with Crippen LogP contribution in [0.4, 0.5) is 0 Å². The van der Waals surface area contributed by atoms with E-state index in [1.165, 1.54) is 11.6 Å². The molecule has 6 nitrogen and oxygen atoms in total. The van der Waals surface area contributed by atoms with E-state index in [1.807, 2.05) is 60.7 Å². The van der Waals surface area contributed by atoms with Gasteiger partial charge in [0.2, 0.25) is 0 Å². The van der Waals surface area contributed by atoms with E-state index < -0.39 is 11.9 Å². The second kappa shape index (κ2) is 11.9. The highest BCUT2D eigenvalue weighted by Gasteiger charge is 2.20. The Morgan fingerprint density at radius 3 is 2.32 bits per heavy atom. The Hall–Kier alpha value is -4.58. The number of rotatable bonds is 11. The van der Waals surface area contributed by atoms with Crippen LogP contribution in [0.1, 0.15) is 45.6 Å². The predicted octanol–water partition coefficient (Wildman–Crippen LogP) is 6.55. The highest BCUT2D eigenvalue weighted by Crippen LogP contribution is 2.31. The first-order valence-electron chi connectivity index (χ1n) is 12.1. The number of fused-ring (bicyclic) bond motifs is 1. The van der Waals surface area contributed by atoms with E-state index in [2.05, 4.69) is 24.3 Å². The van der Waals surface area contributed by atoms with Gasteiger partial charge < -0.3 is 19.5 Å². The molecule has 1 heterocycles. The maximum Gasteiger partial charge on any atom is 0.353 e. The average Bonchev–Trinajstić information content (AvgIpc) is 3.19. The van der Waals surface area contributed by atoms with Gasteiger partial charge in [-0.25, -0.2) is 9.59 Å². The van der Waals surface area contributed by atoms with Gasteiger partial charge in [0.05, 0.1) is 6.61 Å². The van der Waals surface area contributed by atoms with E-state index in [-0.39, 0.29) is 5.69 Å². The van der Waals surface area contributed by atoms with E-state index in [1.54, 1.807) is 11.6 Å². The van der Waals surface area contributed by atoms with E-state index in [4.69, 9.17) is 9.84 Å². The molecule has 37 heavy (non-hydrogen) atoms. The third-order valence-corrected chi connectivity index (χ3v) is 6.20. The molecule has 0 aliphatic carbocycles. The van der Waals surface area contributed by atoms with Crippen LogP contribution in [0.15, 0.2) is 78.9 Å². The molecule has 3 aromatic carbocycles. The van der Waals surface area contributed by atoms with Crippen molar-refractivity contribution >= 4 is 41.1 Å². The number of carboxylic acids is 2. The number of hydrogen-bond acceptors (Lipinski definition) is 3. The zero-order valence-electron chi connectivity index (χ0n) is 20.6. The van der Waals surface area contributed by atoms with Crippen molar-refractivity contribution in [2.24, 2.45) is 7.05 Å². The lowest BCUT2D eigenvalue weighted by Crippen LogP contribution is -2.05. The number of carboxylic acid groups (broad SMARTS) is 2. The monoisotopic (exact) mass is 495 g/mol. The van der Waals surface area contributed by atoms with Crippen molar-refractivity contribution in [3.63, 3.8) is 0 Å². The van der Waals surface area contributed by atoms with Gasteiger partial charge in [-0.3, -0.25) is 0 Å². The van der Waals surface area contributed by atoms with E-state index in [9.17, 15) is 14.7 Å². The van der Waals surface area contributed by atoms with Crippen LogP contribution in [-0.4, -0.2) is 33.3 Å². The van der Waals surface area contributed by atoms with Crippen LogP contribution in [0.5, 0.6) is 5.75 Å². The second-order valence-electron chi connectivity index (χ2n) is 8.73. The zero-order chi connectivity index (χ0) is 26.2. The number of hydrogen-bond donors (Lipinski definition) is 2. The minimum Gasteiger partial charge on any atom is -0.494 e. The van der Waals surface area contributed by atoms with Gasteiger partial charge in [0.25, 0.3) is 0 Å². The molecule has 0 saturated heterocycles. The lowest BCUT2D eigenvalue weighted by molar-refractivity contribution is -0.131. The lowest BCUT2D eigenvalue weighted by atomic mass is 10.0. The summed E-state index contributed by atoms with van der Waals surface area (Å²) in [5, 5.41) is 19.5. The summed E-state index contributed by atoms with van der Waals surface area (Å²) in [5.41, 5.74) is 4.21. The number of aromatic carboxylic acids is 1. The standard InChI is InChI=1S/C31H29NO5/c1-32-27-12-7-11-24(29(27)26(19-20-28(33)34)30(32)31(35)36)16-13-23-14-17-25(18-15-23)37-21-6-5-10-22-8-3-2-4-9-22/h2-4,7-9,11-20H,5-6,10,21H2,1H3,(H,33,34)(H,35,36). The first kappa shape index (κ1) is 25.5. The summed E-state index contributed by atoms with van der Waals surface area (Å²) in [6.45, 7) is 0.663. The number of nitrogens with zero attached hydrogens (tertiary/aromatic N) is 1. The topological polar surface area (TPSA) is 88.8 Å². The summed E-state index contributed by atoms with van der Waals surface area (Å²) in [6, 6.07) is 23.8. The SMILES string of the molecule is Cn1c(C(=O)O)c(C=CC(=O)O)c2c(C=Cc3ccc(OCCCCc4ccccc4)cc3)cccc21. The second-order valence-corrected chi connectivity index (χ2v) is 8.73. The molecule has 0 atom stereocenters.